The molecule has 0 aromatic rings. The Kier molecular flexibility index (Phi) is 53.7. The fourth-order valence-electron chi connectivity index (χ4n) is 8.81. The van der Waals surface area contributed by atoms with E-state index in [0.29, 0.717) is 23.9 Å². The number of allylic oxidation sites excluding steroid dienone is 10. The van der Waals surface area contributed by atoms with Gasteiger partial charge in [0.15, 0.2) is 6.10 Å². The first-order chi connectivity index (χ1) is 36.0. The van der Waals surface area contributed by atoms with E-state index < -0.39 is 26.5 Å². The molecule has 0 aromatic heterocycles. The molecule has 0 rings (SSSR count). The van der Waals surface area contributed by atoms with Crippen molar-refractivity contribution in [1.29, 1.82) is 0 Å². The lowest BCUT2D eigenvalue weighted by molar-refractivity contribution is -0.870. The second kappa shape index (κ2) is 55.5. The Hall–Kier alpha value is -2.29. The van der Waals surface area contributed by atoms with E-state index in [4.69, 9.17) is 18.5 Å². The van der Waals surface area contributed by atoms with E-state index >= 15 is 0 Å². The fourth-order valence-corrected chi connectivity index (χ4v) is 9.55. The van der Waals surface area contributed by atoms with Crippen LogP contribution in [-0.4, -0.2) is 74.9 Å². The van der Waals surface area contributed by atoms with Gasteiger partial charge < -0.3 is 18.9 Å². The van der Waals surface area contributed by atoms with Crippen LogP contribution in [0.3, 0.4) is 0 Å². The number of nitrogens with zero attached hydrogens (tertiary/aromatic N) is 1. The molecule has 0 aliphatic carbocycles. The van der Waals surface area contributed by atoms with Gasteiger partial charge in [-0.2, -0.15) is 0 Å². The number of rotatable bonds is 57. The van der Waals surface area contributed by atoms with Gasteiger partial charge in [-0.05, 0) is 57.8 Å². The predicted octanol–water partition coefficient (Wildman–Crippen LogP) is 19.5. The minimum Gasteiger partial charge on any atom is -0.462 e. The first-order valence-corrected chi connectivity index (χ1v) is 32.5. The molecule has 0 spiro atoms. The lowest BCUT2D eigenvalue weighted by atomic mass is 10.0. The minimum atomic E-state index is -4.37. The number of likely N-dealkylation sites (N-methyl/N-ethyl adjacent to an activating group) is 1. The van der Waals surface area contributed by atoms with Crippen molar-refractivity contribution in [3.05, 3.63) is 60.8 Å². The van der Waals surface area contributed by atoms with Crippen molar-refractivity contribution in [3.8, 4) is 0 Å². The summed E-state index contributed by atoms with van der Waals surface area (Å²) in [6.45, 7) is 4.32. The van der Waals surface area contributed by atoms with Crippen LogP contribution in [0.25, 0.3) is 0 Å². The van der Waals surface area contributed by atoms with E-state index in [9.17, 15) is 19.0 Å². The zero-order valence-corrected chi connectivity index (χ0v) is 50.0. The topological polar surface area (TPSA) is 108 Å². The summed E-state index contributed by atoms with van der Waals surface area (Å²) in [4.78, 5) is 35.5. The molecule has 2 atom stereocenters. The molecular weight excluding hydrogens is 942 g/mol. The van der Waals surface area contributed by atoms with Crippen LogP contribution in [0.15, 0.2) is 60.8 Å². The van der Waals surface area contributed by atoms with Crippen molar-refractivity contribution < 1.29 is 42.1 Å². The molecule has 0 amide bonds. The average molecular weight is 1060 g/mol. The number of quaternary nitrogens is 1. The van der Waals surface area contributed by atoms with Crippen molar-refractivity contribution in [1.82, 2.24) is 0 Å². The molecule has 0 radical (unpaired) electrons. The van der Waals surface area contributed by atoms with Crippen LogP contribution in [0, 0.1) is 0 Å². The highest BCUT2D eigenvalue weighted by molar-refractivity contribution is 7.47. The van der Waals surface area contributed by atoms with E-state index in [0.717, 1.165) is 64.2 Å². The summed E-state index contributed by atoms with van der Waals surface area (Å²) in [7, 11) is 1.49. The monoisotopic (exact) mass is 1060 g/mol. The molecule has 0 bridgehead atoms. The standard InChI is InChI=1S/C64H118NO8P/c1-6-8-10-12-14-16-17-18-19-20-21-22-23-24-25-26-27-28-29-30-31-32-33-34-35-36-37-38-39-40-41-42-43-44-45-46-47-49-51-53-55-57-64(67)73-62(61-72-74(68,69)71-59-58-65(3,4)5)60-70-63(66)56-54-52-50-48-15-13-11-9-7-2/h8,10,14,16,18-19,21-22,24-25,62H,6-7,9,11-13,15,17,20,23,26-61H2,1-5H3/p+1/b10-8-,16-14-,19-18-,22-21-,25-24-. The largest absolute Gasteiger partial charge is 0.472 e. The Balaban J connectivity index is 3.80. The smallest absolute Gasteiger partial charge is 0.462 e. The molecule has 0 heterocycles. The van der Waals surface area contributed by atoms with E-state index in [1.807, 2.05) is 21.1 Å². The van der Waals surface area contributed by atoms with Gasteiger partial charge in [-0.3, -0.25) is 18.6 Å². The van der Waals surface area contributed by atoms with Crippen LogP contribution < -0.4 is 0 Å². The van der Waals surface area contributed by atoms with Crippen LogP contribution in [0.2, 0.25) is 0 Å². The summed E-state index contributed by atoms with van der Waals surface area (Å²) >= 11 is 0. The molecular formula is C64H119NO8P+. The summed E-state index contributed by atoms with van der Waals surface area (Å²) in [5.41, 5.74) is 0. The van der Waals surface area contributed by atoms with Crippen molar-refractivity contribution in [2.24, 2.45) is 0 Å². The predicted molar refractivity (Wildman–Crippen MR) is 316 cm³/mol. The highest BCUT2D eigenvalue weighted by Crippen LogP contribution is 2.43. The molecule has 0 fully saturated rings. The third-order valence-electron chi connectivity index (χ3n) is 13.6. The fraction of sp³-hybridized carbons (Fsp3) is 0.812. The molecule has 2 unspecified atom stereocenters. The molecule has 0 aromatic carbocycles. The lowest BCUT2D eigenvalue weighted by Crippen LogP contribution is -2.37. The third kappa shape index (κ3) is 59.0. The van der Waals surface area contributed by atoms with Gasteiger partial charge in [-0.15, -0.1) is 0 Å². The van der Waals surface area contributed by atoms with Gasteiger partial charge in [-0.25, -0.2) is 4.57 Å². The Morgan fingerprint density at radius 3 is 1.15 bits per heavy atom. The van der Waals surface area contributed by atoms with Crippen LogP contribution in [-0.2, 0) is 32.7 Å². The molecule has 1 N–H and O–H groups in total. The number of phosphoric ester groups is 1. The number of carbonyl (C=O) groups is 2. The number of unbranched alkanes of at least 4 members (excludes halogenated alkanes) is 33. The molecule has 9 nitrogen and oxygen atoms in total. The summed E-state index contributed by atoms with van der Waals surface area (Å²) in [6, 6.07) is 0. The number of phosphoric acid groups is 1. The van der Waals surface area contributed by atoms with Crippen LogP contribution >= 0.6 is 7.82 Å². The number of esters is 2. The third-order valence-corrected chi connectivity index (χ3v) is 14.5. The van der Waals surface area contributed by atoms with Crippen LogP contribution in [0.4, 0.5) is 0 Å². The van der Waals surface area contributed by atoms with Gasteiger partial charge in [0.2, 0.25) is 0 Å². The second-order valence-corrected chi connectivity index (χ2v) is 23.5. The maximum atomic E-state index is 12.8. The molecule has 10 heteroatoms. The maximum absolute atomic E-state index is 12.8. The molecule has 0 aliphatic heterocycles. The molecule has 0 aliphatic rings. The minimum absolute atomic E-state index is 0.0341. The Morgan fingerprint density at radius 1 is 0.432 bits per heavy atom. The van der Waals surface area contributed by atoms with Gasteiger partial charge in [0, 0.05) is 12.8 Å². The van der Waals surface area contributed by atoms with E-state index in [1.54, 1.807) is 0 Å². The number of carbonyl (C=O) groups excluding carboxylic acids is 2. The SMILES string of the molecule is CC/C=C\C/C=C\C/C=C\C/C=C\C/C=C\CCCCCCCCCCCCCCCCCCCCCCCCCCCC(=O)OC(COC(=O)CCCCCCCCCCC)COP(=O)(O)OCC[N+](C)(C)C. The van der Waals surface area contributed by atoms with Gasteiger partial charge in [-0.1, -0.05) is 274 Å². The summed E-state index contributed by atoms with van der Waals surface area (Å²) in [6.07, 6.45) is 72.0. The van der Waals surface area contributed by atoms with Gasteiger partial charge in [0.05, 0.1) is 27.7 Å². The molecule has 432 valence electrons. The molecule has 0 saturated heterocycles. The van der Waals surface area contributed by atoms with Crippen molar-refractivity contribution in [2.75, 3.05) is 47.5 Å². The highest BCUT2D eigenvalue weighted by Gasteiger charge is 2.27. The van der Waals surface area contributed by atoms with E-state index in [1.165, 1.54) is 186 Å². The normalized spacial score (nSPS) is 13.6. The number of hydrogen-bond acceptors (Lipinski definition) is 7. The van der Waals surface area contributed by atoms with Crippen LogP contribution in [0.1, 0.15) is 284 Å². The first-order valence-electron chi connectivity index (χ1n) is 31.0. The number of ether oxygens (including phenoxy) is 2. The van der Waals surface area contributed by atoms with Crippen molar-refractivity contribution in [2.45, 2.75) is 290 Å². The summed E-state index contributed by atoms with van der Waals surface area (Å²) in [5.74, 6) is -0.788. The summed E-state index contributed by atoms with van der Waals surface area (Å²) in [5, 5.41) is 0. The van der Waals surface area contributed by atoms with Crippen molar-refractivity contribution >= 4 is 19.8 Å². The quantitative estimate of drug-likeness (QED) is 0.0211. The Labute approximate surface area is 457 Å². The number of hydrogen-bond donors (Lipinski definition) is 1. The van der Waals surface area contributed by atoms with Gasteiger partial charge >= 0.3 is 19.8 Å². The van der Waals surface area contributed by atoms with Crippen molar-refractivity contribution in [3.63, 3.8) is 0 Å². The van der Waals surface area contributed by atoms with E-state index in [-0.39, 0.29) is 25.6 Å². The Morgan fingerprint density at radius 2 is 0.770 bits per heavy atom. The summed E-state index contributed by atoms with van der Waals surface area (Å²) < 4.78 is 34.4. The zero-order chi connectivity index (χ0) is 54.2. The lowest BCUT2D eigenvalue weighted by Gasteiger charge is -2.24. The van der Waals surface area contributed by atoms with E-state index in [2.05, 4.69) is 74.6 Å². The average Bonchev–Trinajstić information content (AvgIpc) is 3.36. The van der Waals surface area contributed by atoms with Gasteiger partial charge in [0.1, 0.15) is 19.8 Å². The van der Waals surface area contributed by atoms with Crippen LogP contribution in [0.5, 0.6) is 0 Å². The highest BCUT2D eigenvalue weighted by atomic mass is 31.2. The second-order valence-electron chi connectivity index (χ2n) is 22.1. The first kappa shape index (κ1) is 71.7. The Bertz CT molecular complexity index is 1430. The maximum Gasteiger partial charge on any atom is 0.472 e. The molecule has 0 saturated carbocycles. The molecule has 74 heavy (non-hydrogen) atoms. The van der Waals surface area contributed by atoms with Gasteiger partial charge in [0.25, 0.3) is 0 Å². The zero-order valence-electron chi connectivity index (χ0n) is 49.1.